The van der Waals surface area contributed by atoms with Crippen molar-refractivity contribution in [3.8, 4) is 11.1 Å². The molecular formula is C52H45N3O2. The summed E-state index contributed by atoms with van der Waals surface area (Å²) in [6.07, 6.45) is 3.95. The third kappa shape index (κ3) is 6.51. The average molecular weight is 744 g/mol. The van der Waals surface area contributed by atoms with E-state index in [1.165, 1.54) is 0 Å². The fourth-order valence-corrected chi connectivity index (χ4v) is 8.03. The van der Waals surface area contributed by atoms with Crippen molar-refractivity contribution < 1.29 is 8.83 Å². The van der Waals surface area contributed by atoms with Crippen molar-refractivity contribution in [2.75, 3.05) is 15.5 Å². The summed E-state index contributed by atoms with van der Waals surface area (Å²) < 4.78 is 13.3. The molecular weight excluding hydrogens is 699 g/mol. The van der Waals surface area contributed by atoms with E-state index in [9.17, 15) is 0 Å². The Labute approximate surface area is 333 Å². The van der Waals surface area contributed by atoms with Crippen molar-refractivity contribution in [1.29, 1.82) is 0 Å². The van der Waals surface area contributed by atoms with Gasteiger partial charge < -0.3 is 24.4 Å². The minimum atomic E-state index is 0.0155. The number of benzene rings is 7. The maximum absolute atomic E-state index is 6.83. The Morgan fingerprint density at radius 1 is 0.561 bits per heavy atom. The lowest BCUT2D eigenvalue weighted by atomic mass is 9.89. The Kier molecular flexibility index (Phi) is 9.35. The summed E-state index contributed by atoms with van der Waals surface area (Å²) in [5.74, 6) is 0.769. The highest BCUT2D eigenvalue weighted by Crippen LogP contribution is 2.47. The maximum Gasteiger partial charge on any atom is 0.144 e. The van der Waals surface area contributed by atoms with Crippen LogP contribution in [0.3, 0.4) is 0 Å². The second-order valence-corrected chi connectivity index (χ2v) is 15.1. The Morgan fingerprint density at radius 3 is 1.86 bits per heavy atom. The molecule has 2 N–H and O–H groups in total. The molecule has 0 aliphatic rings. The standard InChI is InChI=1S/C52H45N3O2/c1-6-39-46(53-35-19-18-24-38(29-35)55(36-20-10-8-11-21-36)37-22-12-9-13-23-37)31-44(52-51(39)41-26-15-17-28-49(41)57-52)42-30-43-40-25-14-16-27-48(40)56-50(43)32-47(42)54-45(7-2)34(5)33(3)4/h6-34,45,53-54H,1-2H2,3-5H3/t34-,45?/m0/s1. The molecule has 2 heterocycles. The number of para-hydroxylation sites is 4. The molecule has 0 spiro atoms. The van der Waals surface area contributed by atoms with Gasteiger partial charge in [0.25, 0.3) is 0 Å². The lowest BCUT2D eigenvalue weighted by Gasteiger charge is -2.27. The van der Waals surface area contributed by atoms with Gasteiger partial charge in [0.2, 0.25) is 0 Å². The first-order valence-corrected chi connectivity index (χ1v) is 19.6. The van der Waals surface area contributed by atoms with E-state index in [4.69, 9.17) is 8.83 Å². The van der Waals surface area contributed by atoms with Gasteiger partial charge in [-0.1, -0.05) is 118 Å². The fourth-order valence-electron chi connectivity index (χ4n) is 8.03. The smallest absolute Gasteiger partial charge is 0.144 e. The van der Waals surface area contributed by atoms with Crippen molar-refractivity contribution in [3.63, 3.8) is 0 Å². The molecule has 0 aliphatic carbocycles. The third-order valence-corrected chi connectivity index (χ3v) is 11.3. The van der Waals surface area contributed by atoms with Crippen LogP contribution in [0.1, 0.15) is 26.3 Å². The largest absolute Gasteiger partial charge is 0.456 e. The first-order chi connectivity index (χ1) is 27.9. The Bertz CT molecular complexity index is 2860. The van der Waals surface area contributed by atoms with Crippen molar-refractivity contribution >= 4 is 84.1 Å². The van der Waals surface area contributed by atoms with E-state index in [1.54, 1.807) is 0 Å². The highest BCUT2D eigenvalue weighted by molar-refractivity contribution is 6.18. The first-order valence-electron chi connectivity index (χ1n) is 19.6. The molecule has 0 radical (unpaired) electrons. The van der Waals surface area contributed by atoms with Gasteiger partial charge in [0.15, 0.2) is 0 Å². The quantitative estimate of drug-likeness (QED) is 0.122. The molecule has 0 aliphatic heterocycles. The van der Waals surface area contributed by atoms with Gasteiger partial charge >= 0.3 is 0 Å². The van der Waals surface area contributed by atoms with Gasteiger partial charge in [-0.15, -0.1) is 6.58 Å². The van der Waals surface area contributed by atoms with Crippen LogP contribution in [0.4, 0.5) is 34.1 Å². The van der Waals surface area contributed by atoms with Crippen LogP contribution in [0.15, 0.2) is 180 Å². The molecule has 0 amide bonds. The molecule has 9 rings (SSSR count). The number of hydrogen-bond donors (Lipinski definition) is 2. The van der Waals surface area contributed by atoms with Gasteiger partial charge in [0, 0.05) is 84.5 Å². The monoisotopic (exact) mass is 743 g/mol. The van der Waals surface area contributed by atoms with E-state index < -0.39 is 0 Å². The summed E-state index contributed by atoms with van der Waals surface area (Å²) in [7, 11) is 0. The molecule has 9 aromatic rings. The summed E-state index contributed by atoms with van der Waals surface area (Å²) in [5, 5.41) is 11.9. The first kappa shape index (κ1) is 35.7. The maximum atomic E-state index is 6.83. The van der Waals surface area contributed by atoms with Crippen LogP contribution >= 0.6 is 0 Å². The topological polar surface area (TPSA) is 53.6 Å². The zero-order valence-corrected chi connectivity index (χ0v) is 32.5. The molecule has 0 bridgehead atoms. The zero-order chi connectivity index (χ0) is 39.0. The van der Waals surface area contributed by atoms with Crippen LogP contribution in [-0.2, 0) is 0 Å². The van der Waals surface area contributed by atoms with Crippen molar-refractivity contribution in [1.82, 2.24) is 0 Å². The summed E-state index contributed by atoms with van der Waals surface area (Å²) >= 11 is 0. The number of fused-ring (bicyclic) bond motifs is 6. The summed E-state index contributed by atoms with van der Waals surface area (Å²) in [6, 6.07) is 52.6. The molecule has 5 nitrogen and oxygen atoms in total. The second-order valence-electron chi connectivity index (χ2n) is 15.1. The number of rotatable bonds is 12. The number of nitrogens with one attached hydrogen (secondary N) is 2. The molecule has 5 heteroatoms. The van der Waals surface area contributed by atoms with Crippen LogP contribution < -0.4 is 15.5 Å². The number of furan rings is 2. The van der Waals surface area contributed by atoms with E-state index >= 15 is 0 Å². The van der Waals surface area contributed by atoms with E-state index in [0.29, 0.717) is 11.8 Å². The molecule has 2 aromatic heterocycles. The summed E-state index contributed by atoms with van der Waals surface area (Å²) in [5.41, 5.74) is 12.2. The van der Waals surface area contributed by atoms with Gasteiger partial charge in [-0.2, -0.15) is 0 Å². The minimum absolute atomic E-state index is 0.0155. The van der Waals surface area contributed by atoms with Crippen molar-refractivity contribution in [2.45, 2.75) is 26.8 Å². The van der Waals surface area contributed by atoms with Crippen LogP contribution in [0, 0.1) is 11.8 Å². The van der Waals surface area contributed by atoms with Gasteiger partial charge in [-0.05, 0) is 78.6 Å². The molecule has 0 fully saturated rings. The Balaban J connectivity index is 1.26. The van der Waals surface area contributed by atoms with E-state index in [2.05, 4.69) is 165 Å². The number of anilines is 6. The molecule has 0 saturated carbocycles. The average Bonchev–Trinajstić information content (AvgIpc) is 3.81. The highest BCUT2D eigenvalue weighted by Gasteiger charge is 2.25. The van der Waals surface area contributed by atoms with Crippen LogP contribution in [-0.4, -0.2) is 6.04 Å². The van der Waals surface area contributed by atoms with Crippen LogP contribution in [0.2, 0.25) is 0 Å². The highest BCUT2D eigenvalue weighted by atomic mass is 16.3. The predicted molar refractivity (Wildman–Crippen MR) is 243 cm³/mol. The molecule has 0 saturated heterocycles. The van der Waals surface area contributed by atoms with Crippen molar-refractivity contribution in [3.05, 3.63) is 176 Å². The Hall–Kier alpha value is -6.98. The minimum Gasteiger partial charge on any atom is -0.456 e. The Morgan fingerprint density at radius 2 is 1.19 bits per heavy atom. The van der Waals surface area contributed by atoms with Gasteiger partial charge in [-0.3, -0.25) is 0 Å². The molecule has 57 heavy (non-hydrogen) atoms. The second kappa shape index (κ2) is 14.9. The van der Waals surface area contributed by atoms with Crippen LogP contribution in [0.5, 0.6) is 0 Å². The van der Waals surface area contributed by atoms with Crippen LogP contribution in [0.25, 0.3) is 61.1 Å². The lowest BCUT2D eigenvalue weighted by molar-refractivity contribution is 0.398. The van der Waals surface area contributed by atoms with E-state index in [-0.39, 0.29) is 6.04 Å². The normalized spacial score (nSPS) is 12.6. The SMILES string of the molecule is C=Cc1c(Nc2cccc(N(c3ccccc3)c3ccccc3)c2)cc(-c2cc3c(cc2NC(C=C)[C@@H](C)C(C)C)oc2ccccc23)c2oc3ccccc3c12. The summed E-state index contributed by atoms with van der Waals surface area (Å²) in [6.45, 7) is 15.4. The molecule has 7 aromatic carbocycles. The molecule has 2 atom stereocenters. The van der Waals surface area contributed by atoms with Gasteiger partial charge in [-0.25, -0.2) is 0 Å². The lowest BCUT2D eigenvalue weighted by Crippen LogP contribution is -2.28. The predicted octanol–water partition coefficient (Wildman–Crippen LogP) is 15.3. The third-order valence-electron chi connectivity index (χ3n) is 11.3. The number of nitrogens with zero attached hydrogens (tertiary/aromatic N) is 1. The van der Waals surface area contributed by atoms with Gasteiger partial charge in [0.05, 0.1) is 0 Å². The molecule has 280 valence electrons. The zero-order valence-electron chi connectivity index (χ0n) is 32.5. The fraction of sp³-hybridized carbons (Fsp3) is 0.115. The van der Waals surface area contributed by atoms with E-state index in [1.807, 2.05) is 48.6 Å². The van der Waals surface area contributed by atoms with Crippen molar-refractivity contribution in [2.24, 2.45) is 11.8 Å². The summed E-state index contributed by atoms with van der Waals surface area (Å²) in [4.78, 5) is 2.27. The van der Waals surface area contributed by atoms with Gasteiger partial charge in [0.1, 0.15) is 22.3 Å². The molecule has 1 unspecified atom stereocenters. The van der Waals surface area contributed by atoms with E-state index in [0.717, 1.165) is 94.7 Å². The number of hydrogen-bond acceptors (Lipinski definition) is 5.